The summed E-state index contributed by atoms with van der Waals surface area (Å²) in [6.07, 6.45) is 0. The normalized spacial score (nSPS) is 13.2. The Labute approximate surface area is 117 Å². The van der Waals surface area contributed by atoms with E-state index in [-0.39, 0.29) is 28.4 Å². The van der Waals surface area contributed by atoms with Crippen molar-refractivity contribution in [1.29, 1.82) is 0 Å². The average molecular weight is 350 g/mol. The number of ketones is 2. The Kier molecular flexibility index (Phi) is 2.48. The molecule has 0 aromatic heterocycles. The van der Waals surface area contributed by atoms with Crippen molar-refractivity contribution in [3.8, 4) is 5.75 Å². The number of hydrogen-bond acceptors (Lipinski definition) is 3. The fourth-order valence-electron chi connectivity index (χ4n) is 2.14. The van der Waals surface area contributed by atoms with Crippen LogP contribution in [0, 0.1) is 3.57 Å². The zero-order chi connectivity index (χ0) is 12.9. The predicted octanol–water partition coefficient (Wildman–Crippen LogP) is 2.77. The van der Waals surface area contributed by atoms with Gasteiger partial charge >= 0.3 is 0 Å². The summed E-state index contributed by atoms with van der Waals surface area (Å²) in [5.74, 6) is -0.621. The zero-order valence-electron chi connectivity index (χ0n) is 9.11. The third-order valence-corrected chi connectivity index (χ3v) is 3.89. The molecule has 0 atom stereocenters. The largest absolute Gasteiger partial charge is 0.506 e. The second-order valence-corrected chi connectivity index (χ2v) is 5.18. The topological polar surface area (TPSA) is 54.4 Å². The van der Waals surface area contributed by atoms with E-state index in [1.165, 1.54) is 0 Å². The lowest BCUT2D eigenvalue weighted by Gasteiger charge is -2.18. The molecule has 0 radical (unpaired) electrons. The van der Waals surface area contributed by atoms with Crippen LogP contribution in [-0.4, -0.2) is 16.7 Å². The van der Waals surface area contributed by atoms with Gasteiger partial charge < -0.3 is 5.11 Å². The second-order valence-electron chi connectivity index (χ2n) is 4.02. The molecule has 0 spiro atoms. The summed E-state index contributed by atoms with van der Waals surface area (Å²) in [7, 11) is 0. The highest BCUT2D eigenvalue weighted by Crippen LogP contribution is 2.35. The molecular weight excluding hydrogens is 343 g/mol. The SMILES string of the molecule is O=C1c2ccccc2C(=O)c2c1ccc(I)c2O. The van der Waals surface area contributed by atoms with E-state index in [0.29, 0.717) is 14.7 Å². The van der Waals surface area contributed by atoms with Gasteiger partial charge in [0.25, 0.3) is 0 Å². The molecule has 0 saturated heterocycles. The fraction of sp³-hybridized carbons (Fsp3) is 0. The lowest BCUT2D eigenvalue weighted by atomic mass is 9.84. The lowest BCUT2D eigenvalue weighted by Crippen LogP contribution is -2.21. The number of carbonyl (C=O) groups excluding carboxylic acids is 2. The highest BCUT2D eigenvalue weighted by molar-refractivity contribution is 14.1. The zero-order valence-corrected chi connectivity index (χ0v) is 11.3. The van der Waals surface area contributed by atoms with Crippen molar-refractivity contribution < 1.29 is 14.7 Å². The summed E-state index contributed by atoms with van der Waals surface area (Å²) in [6.45, 7) is 0. The first-order valence-corrected chi connectivity index (χ1v) is 6.39. The first-order valence-electron chi connectivity index (χ1n) is 5.31. The summed E-state index contributed by atoms with van der Waals surface area (Å²) in [5, 5.41) is 9.98. The fourth-order valence-corrected chi connectivity index (χ4v) is 2.59. The lowest BCUT2D eigenvalue weighted by molar-refractivity contribution is 0.0976. The maximum absolute atomic E-state index is 12.3. The van der Waals surface area contributed by atoms with E-state index in [1.54, 1.807) is 36.4 Å². The standard InChI is InChI=1S/C14H7IO3/c15-10-6-5-9-11(14(10)18)13(17)8-4-2-1-3-7(8)12(9)16/h1-6,18H. The molecule has 0 aliphatic heterocycles. The number of halogens is 1. The van der Waals surface area contributed by atoms with Crippen LogP contribution in [0.3, 0.4) is 0 Å². The monoisotopic (exact) mass is 350 g/mol. The van der Waals surface area contributed by atoms with Crippen LogP contribution >= 0.6 is 22.6 Å². The highest BCUT2D eigenvalue weighted by Gasteiger charge is 2.32. The smallest absolute Gasteiger partial charge is 0.198 e. The van der Waals surface area contributed by atoms with Crippen LogP contribution in [0.25, 0.3) is 0 Å². The number of benzene rings is 2. The molecule has 88 valence electrons. The Hall–Kier alpha value is -1.69. The van der Waals surface area contributed by atoms with E-state index < -0.39 is 0 Å². The van der Waals surface area contributed by atoms with Gasteiger partial charge in [0.15, 0.2) is 11.6 Å². The van der Waals surface area contributed by atoms with Crippen molar-refractivity contribution in [3.63, 3.8) is 0 Å². The predicted molar refractivity (Wildman–Crippen MR) is 74.1 cm³/mol. The van der Waals surface area contributed by atoms with Crippen LogP contribution in [0.2, 0.25) is 0 Å². The number of phenolic OH excluding ortho intramolecular Hbond substituents is 1. The number of rotatable bonds is 0. The molecule has 0 fully saturated rings. The molecule has 2 aromatic carbocycles. The maximum atomic E-state index is 12.3. The van der Waals surface area contributed by atoms with Crippen molar-refractivity contribution in [2.45, 2.75) is 0 Å². The Balaban J connectivity index is 2.38. The molecule has 3 nitrogen and oxygen atoms in total. The first kappa shape index (κ1) is 11.4. The molecule has 4 heteroatoms. The minimum absolute atomic E-state index is 0.110. The summed E-state index contributed by atoms with van der Waals surface area (Å²) >= 11 is 1.93. The van der Waals surface area contributed by atoms with E-state index in [4.69, 9.17) is 0 Å². The molecule has 1 aliphatic carbocycles. The van der Waals surface area contributed by atoms with Gasteiger partial charge in [0.2, 0.25) is 0 Å². The summed E-state index contributed by atoms with van der Waals surface area (Å²) in [5.41, 5.74) is 1.14. The molecule has 0 unspecified atom stereocenters. The Morgan fingerprint density at radius 3 is 2.11 bits per heavy atom. The Morgan fingerprint density at radius 1 is 0.833 bits per heavy atom. The third-order valence-electron chi connectivity index (χ3n) is 3.02. The van der Waals surface area contributed by atoms with Crippen molar-refractivity contribution in [2.75, 3.05) is 0 Å². The van der Waals surface area contributed by atoms with E-state index >= 15 is 0 Å². The van der Waals surface area contributed by atoms with Crippen LogP contribution in [0.1, 0.15) is 31.8 Å². The number of carbonyl (C=O) groups is 2. The molecule has 1 aliphatic rings. The van der Waals surface area contributed by atoms with Gasteiger partial charge in [-0.1, -0.05) is 24.3 Å². The van der Waals surface area contributed by atoms with Crippen molar-refractivity contribution in [2.24, 2.45) is 0 Å². The highest BCUT2D eigenvalue weighted by atomic mass is 127. The van der Waals surface area contributed by atoms with Crippen LogP contribution in [0.5, 0.6) is 5.75 Å². The van der Waals surface area contributed by atoms with Gasteiger partial charge in [-0.25, -0.2) is 0 Å². The molecule has 18 heavy (non-hydrogen) atoms. The van der Waals surface area contributed by atoms with Gasteiger partial charge in [-0.3, -0.25) is 9.59 Å². The van der Waals surface area contributed by atoms with Crippen molar-refractivity contribution >= 4 is 34.2 Å². The summed E-state index contributed by atoms with van der Waals surface area (Å²) in [6, 6.07) is 9.90. The van der Waals surface area contributed by atoms with Gasteiger partial charge in [0.1, 0.15) is 5.75 Å². The van der Waals surface area contributed by atoms with Crippen LogP contribution in [0.15, 0.2) is 36.4 Å². The second kappa shape index (κ2) is 3.91. The Bertz CT molecular complexity index is 704. The molecule has 1 N–H and O–H groups in total. The first-order chi connectivity index (χ1) is 8.61. The average Bonchev–Trinajstić information content (AvgIpc) is 2.39. The minimum Gasteiger partial charge on any atom is -0.506 e. The third kappa shape index (κ3) is 1.42. The molecule has 3 rings (SSSR count). The van der Waals surface area contributed by atoms with Crippen molar-refractivity contribution in [1.82, 2.24) is 0 Å². The quantitative estimate of drug-likeness (QED) is 0.635. The molecule has 2 aromatic rings. The van der Waals surface area contributed by atoms with Gasteiger partial charge in [-0.15, -0.1) is 0 Å². The van der Waals surface area contributed by atoms with Crippen LogP contribution in [0.4, 0.5) is 0 Å². The summed E-state index contributed by atoms with van der Waals surface area (Å²) in [4.78, 5) is 24.6. The minimum atomic E-state index is -0.295. The van der Waals surface area contributed by atoms with E-state index in [2.05, 4.69) is 0 Å². The van der Waals surface area contributed by atoms with Crippen molar-refractivity contribution in [3.05, 3.63) is 62.2 Å². The van der Waals surface area contributed by atoms with Gasteiger partial charge in [-0.2, -0.15) is 0 Å². The molecule has 0 bridgehead atoms. The van der Waals surface area contributed by atoms with Gasteiger partial charge in [0, 0.05) is 16.7 Å². The number of aromatic hydroxyl groups is 1. The van der Waals surface area contributed by atoms with Crippen LogP contribution < -0.4 is 0 Å². The van der Waals surface area contributed by atoms with Crippen LogP contribution in [-0.2, 0) is 0 Å². The molecule has 0 amide bonds. The number of fused-ring (bicyclic) bond motifs is 2. The molecule has 0 heterocycles. The number of hydrogen-bond donors (Lipinski definition) is 1. The molecule has 0 saturated carbocycles. The van der Waals surface area contributed by atoms with E-state index in [0.717, 1.165) is 0 Å². The molecular formula is C14H7IO3. The number of phenols is 1. The maximum Gasteiger partial charge on any atom is 0.198 e. The van der Waals surface area contributed by atoms with Gasteiger partial charge in [0.05, 0.1) is 9.13 Å². The summed E-state index contributed by atoms with van der Waals surface area (Å²) < 4.78 is 0.562. The van der Waals surface area contributed by atoms with E-state index in [9.17, 15) is 14.7 Å². The Morgan fingerprint density at radius 2 is 1.44 bits per heavy atom. The van der Waals surface area contributed by atoms with E-state index in [1.807, 2.05) is 22.6 Å². The van der Waals surface area contributed by atoms with Gasteiger partial charge in [-0.05, 0) is 34.7 Å².